The molecule has 4 nitrogen and oxygen atoms in total. The summed E-state index contributed by atoms with van der Waals surface area (Å²) in [4.78, 5) is 28.3. The largest absolute Gasteiger partial charge is 0.328 e. The van der Waals surface area contributed by atoms with Crippen molar-refractivity contribution in [3.63, 3.8) is 0 Å². The number of carbonyl (C=O) groups is 2. The van der Waals surface area contributed by atoms with E-state index in [1.807, 2.05) is 42.5 Å². The molecule has 1 aliphatic heterocycles. The maximum Gasteiger partial charge on any atom is 0.316 e. The maximum atomic E-state index is 13.3. The fourth-order valence-corrected chi connectivity index (χ4v) is 3.35. The molecular formula is C21H17FN2O2. The van der Waals surface area contributed by atoms with E-state index in [1.165, 1.54) is 21.9 Å². The molecule has 0 aromatic heterocycles. The number of fused-ring (bicyclic) bond motifs is 1. The molecule has 3 aromatic carbocycles. The van der Waals surface area contributed by atoms with Crippen LogP contribution in [0.15, 0.2) is 66.7 Å². The van der Waals surface area contributed by atoms with Crippen molar-refractivity contribution in [3.8, 4) is 0 Å². The van der Waals surface area contributed by atoms with Crippen molar-refractivity contribution >= 4 is 28.3 Å². The normalized spacial score (nSPS) is 15.0. The van der Waals surface area contributed by atoms with Gasteiger partial charge in [0.15, 0.2) is 0 Å². The Labute approximate surface area is 150 Å². The van der Waals surface area contributed by atoms with Gasteiger partial charge in [0.1, 0.15) is 5.82 Å². The van der Waals surface area contributed by atoms with Crippen LogP contribution < -0.4 is 4.90 Å². The van der Waals surface area contributed by atoms with Gasteiger partial charge in [-0.15, -0.1) is 0 Å². The molecule has 130 valence electrons. The van der Waals surface area contributed by atoms with Crippen molar-refractivity contribution in [1.29, 1.82) is 0 Å². The lowest BCUT2D eigenvalue weighted by Crippen LogP contribution is -2.54. The van der Waals surface area contributed by atoms with Gasteiger partial charge >= 0.3 is 11.8 Å². The second kappa shape index (κ2) is 6.59. The highest BCUT2D eigenvalue weighted by Crippen LogP contribution is 2.28. The van der Waals surface area contributed by atoms with Gasteiger partial charge < -0.3 is 9.80 Å². The predicted octanol–water partition coefficient (Wildman–Crippen LogP) is 3.35. The SMILES string of the molecule is O=C1C(=O)N(c2cccc3ccccc23)CCN1Cc1cccc(F)c1. The molecule has 0 unspecified atom stereocenters. The van der Waals surface area contributed by atoms with E-state index in [1.54, 1.807) is 12.1 Å². The van der Waals surface area contributed by atoms with Gasteiger partial charge in [-0.2, -0.15) is 0 Å². The minimum absolute atomic E-state index is 0.228. The summed E-state index contributed by atoms with van der Waals surface area (Å²) in [5.74, 6) is -1.46. The molecule has 1 heterocycles. The molecule has 4 rings (SSSR count). The summed E-state index contributed by atoms with van der Waals surface area (Å²) in [5.41, 5.74) is 1.41. The van der Waals surface area contributed by atoms with E-state index >= 15 is 0 Å². The lowest BCUT2D eigenvalue weighted by Gasteiger charge is -2.34. The number of halogens is 1. The standard InChI is InChI=1S/C21H17FN2O2/c22-17-8-3-5-15(13-17)14-23-11-12-24(21(26)20(23)25)19-10-4-7-16-6-1-2-9-18(16)19/h1-10,13H,11-12,14H2. The second-order valence-corrected chi connectivity index (χ2v) is 6.31. The quantitative estimate of drug-likeness (QED) is 0.681. The van der Waals surface area contributed by atoms with Crippen LogP contribution in [0.5, 0.6) is 0 Å². The Morgan fingerprint density at radius 1 is 0.846 bits per heavy atom. The van der Waals surface area contributed by atoms with E-state index in [0.29, 0.717) is 18.7 Å². The summed E-state index contributed by atoms with van der Waals surface area (Å²) in [6, 6.07) is 19.6. The number of benzene rings is 3. The number of nitrogens with zero attached hydrogens (tertiary/aromatic N) is 2. The fourth-order valence-electron chi connectivity index (χ4n) is 3.35. The predicted molar refractivity (Wildman–Crippen MR) is 98.1 cm³/mol. The summed E-state index contributed by atoms with van der Waals surface area (Å²) < 4.78 is 13.3. The van der Waals surface area contributed by atoms with E-state index in [-0.39, 0.29) is 12.4 Å². The maximum absolute atomic E-state index is 13.3. The third-order valence-electron chi connectivity index (χ3n) is 4.63. The summed E-state index contributed by atoms with van der Waals surface area (Å²) >= 11 is 0. The molecule has 1 saturated heterocycles. The summed E-state index contributed by atoms with van der Waals surface area (Å²) in [7, 11) is 0. The smallest absolute Gasteiger partial charge is 0.316 e. The Hall–Kier alpha value is -3.21. The molecule has 1 aliphatic rings. The van der Waals surface area contributed by atoms with Gasteiger partial charge in [0.05, 0.1) is 5.69 Å². The van der Waals surface area contributed by atoms with Crippen molar-refractivity contribution < 1.29 is 14.0 Å². The zero-order chi connectivity index (χ0) is 18.1. The number of rotatable bonds is 3. The summed E-state index contributed by atoms with van der Waals surface area (Å²) in [6.07, 6.45) is 0. The zero-order valence-electron chi connectivity index (χ0n) is 14.1. The van der Waals surface area contributed by atoms with Crippen LogP contribution in [0.4, 0.5) is 10.1 Å². The minimum Gasteiger partial charge on any atom is -0.328 e. The molecule has 0 saturated carbocycles. The van der Waals surface area contributed by atoms with Crippen molar-refractivity contribution in [1.82, 2.24) is 4.90 Å². The molecule has 5 heteroatoms. The number of carbonyl (C=O) groups excluding carboxylic acids is 2. The van der Waals surface area contributed by atoms with Crippen LogP contribution >= 0.6 is 0 Å². The lowest BCUT2D eigenvalue weighted by molar-refractivity contribution is -0.146. The third kappa shape index (κ3) is 2.92. The summed E-state index contributed by atoms with van der Waals surface area (Å²) in [6.45, 7) is 1.05. The van der Waals surface area contributed by atoms with E-state index in [0.717, 1.165) is 16.5 Å². The van der Waals surface area contributed by atoms with E-state index in [9.17, 15) is 14.0 Å². The fraction of sp³-hybridized carbons (Fsp3) is 0.143. The molecule has 0 radical (unpaired) electrons. The molecule has 0 spiro atoms. The van der Waals surface area contributed by atoms with Gasteiger partial charge in [0, 0.05) is 25.0 Å². The highest BCUT2D eigenvalue weighted by atomic mass is 19.1. The monoisotopic (exact) mass is 348 g/mol. The number of hydrogen-bond acceptors (Lipinski definition) is 2. The number of piperazine rings is 1. The Kier molecular flexibility index (Phi) is 4.13. The van der Waals surface area contributed by atoms with Crippen LogP contribution in [0.3, 0.4) is 0 Å². The Balaban J connectivity index is 1.59. The van der Waals surface area contributed by atoms with Crippen LogP contribution in [0.2, 0.25) is 0 Å². The Bertz CT molecular complexity index is 997. The zero-order valence-corrected chi connectivity index (χ0v) is 14.1. The lowest BCUT2D eigenvalue weighted by atomic mass is 10.1. The highest BCUT2D eigenvalue weighted by Gasteiger charge is 2.33. The molecular weight excluding hydrogens is 331 g/mol. The van der Waals surface area contributed by atoms with Crippen molar-refractivity contribution in [2.75, 3.05) is 18.0 Å². The molecule has 1 fully saturated rings. The first kappa shape index (κ1) is 16.3. The van der Waals surface area contributed by atoms with Crippen LogP contribution in [0.25, 0.3) is 10.8 Å². The first-order chi connectivity index (χ1) is 12.6. The highest BCUT2D eigenvalue weighted by molar-refractivity contribution is 6.41. The van der Waals surface area contributed by atoms with Gasteiger partial charge in [-0.3, -0.25) is 9.59 Å². The van der Waals surface area contributed by atoms with Gasteiger partial charge in [-0.05, 0) is 29.1 Å². The van der Waals surface area contributed by atoms with Crippen LogP contribution in [-0.2, 0) is 16.1 Å². The molecule has 0 atom stereocenters. The summed E-state index contributed by atoms with van der Waals surface area (Å²) in [5, 5.41) is 1.96. The van der Waals surface area contributed by atoms with Crippen molar-refractivity contribution in [3.05, 3.63) is 78.1 Å². The molecule has 0 bridgehead atoms. The average Bonchev–Trinajstić information content (AvgIpc) is 2.65. The first-order valence-corrected chi connectivity index (χ1v) is 8.46. The Morgan fingerprint density at radius 2 is 1.62 bits per heavy atom. The van der Waals surface area contributed by atoms with Crippen molar-refractivity contribution in [2.45, 2.75) is 6.54 Å². The van der Waals surface area contributed by atoms with Gasteiger partial charge in [0.25, 0.3) is 0 Å². The second-order valence-electron chi connectivity index (χ2n) is 6.31. The van der Waals surface area contributed by atoms with Crippen LogP contribution in [-0.4, -0.2) is 29.8 Å². The number of anilines is 1. The van der Waals surface area contributed by atoms with Gasteiger partial charge in [-0.1, -0.05) is 48.5 Å². The minimum atomic E-state index is -0.562. The number of hydrogen-bond donors (Lipinski definition) is 0. The van der Waals surface area contributed by atoms with Gasteiger partial charge in [0.2, 0.25) is 0 Å². The van der Waals surface area contributed by atoms with Crippen molar-refractivity contribution in [2.24, 2.45) is 0 Å². The van der Waals surface area contributed by atoms with E-state index in [4.69, 9.17) is 0 Å². The van der Waals surface area contributed by atoms with E-state index in [2.05, 4.69) is 0 Å². The van der Waals surface area contributed by atoms with Gasteiger partial charge in [-0.25, -0.2) is 4.39 Å². The van der Waals surface area contributed by atoms with Crippen LogP contribution in [0.1, 0.15) is 5.56 Å². The molecule has 26 heavy (non-hydrogen) atoms. The molecule has 0 N–H and O–H groups in total. The molecule has 2 amide bonds. The molecule has 0 aliphatic carbocycles. The molecule has 3 aromatic rings. The average molecular weight is 348 g/mol. The number of amides is 2. The Morgan fingerprint density at radius 3 is 2.46 bits per heavy atom. The van der Waals surface area contributed by atoms with E-state index < -0.39 is 11.8 Å². The van der Waals surface area contributed by atoms with Crippen LogP contribution in [0, 0.1) is 5.82 Å². The first-order valence-electron chi connectivity index (χ1n) is 8.46. The third-order valence-corrected chi connectivity index (χ3v) is 4.63. The topological polar surface area (TPSA) is 40.6 Å².